The summed E-state index contributed by atoms with van der Waals surface area (Å²) >= 11 is 3.42. The van der Waals surface area contributed by atoms with Crippen LogP contribution >= 0.6 is 15.9 Å². The summed E-state index contributed by atoms with van der Waals surface area (Å²) in [7, 11) is 0. The number of aromatic nitrogens is 2. The summed E-state index contributed by atoms with van der Waals surface area (Å²) in [6.07, 6.45) is 2.44. The standard InChI is InChI=1S/C27H24BrN3O4/c1-3-17(2)25-30-24-12-11-21(28)14-23(24)26(32)31(25)29-15-19-5-4-6-22(13-19)35-16-18-7-9-20(10-8-18)27(33)34/h4-15,17H,3,16H2,1-2H3,(H,33,34)/t17-/m1/s1. The molecule has 0 saturated heterocycles. The molecule has 0 aliphatic heterocycles. The minimum atomic E-state index is -0.964. The Labute approximate surface area is 210 Å². The van der Waals surface area contributed by atoms with Crippen molar-refractivity contribution in [3.05, 3.63) is 104 Å². The van der Waals surface area contributed by atoms with Crippen molar-refractivity contribution >= 4 is 39.0 Å². The highest BCUT2D eigenvalue weighted by molar-refractivity contribution is 9.10. The van der Waals surface area contributed by atoms with E-state index in [1.807, 2.05) is 50.2 Å². The first kappa shape index (κ1) is 24.3. The topological polar surface area (TPSA) is 93.8 Å². The Morgan fingerprint density at radius 2 is 1.94 bits per heavy atom. The molecule has 0 bridgehead atoms. The molecule has 4 rings (SSSR count). The van der Waals surface area contributed by atoms with E-state index in [2.05, 4.69) is 21.0 Å². The molecule has 1 N–H and O–H groups in total. The lowest BCUT2D eigenvalue weighted by molar-refractivity contribution is 0.0697. The lowest BCUT2D eigenvalue weighted by Crippen LogP contribution is -2.23. The predicted molar refractivity (Wildman–Crippen MR) is 140 cm³/mol. The Kier molecular flexibility index (Phi) is 7.41. The van der Waals surface area contributed by atoms with Crippen LogP contribution in [0.1, 0.15) is 53.5 Å². The lowest BCUT2D eigenvalue weighted by atomic mass is 10.1. The molecule has 4 aromatic rings. The number of halogens is 1. The molecule has 0 radical (unpaired) electrons. The predicted octanol–water partition coefficient (Wildman–Crippen LogP) is 5.83. The van der Waals surface area contributed by atoms with Gasteiger partial charge < -0.3 is 9.84 Å². The molecule has 0 aliphatic carbocycles. The highest BCUT2D eigenvalue weighted by Gasteiger charge is 2.15. The van der Waals surface area contributed by atoms with Crippen LogP contribution < -0.4 is 10.3 Å². The maximum Gasteiger partial charge on any atom is 0.335 e. The highest BCUT2D eigenvalue weighted by Crippen LogP contribution is 2.21. The van der Waals surface area contributed by atoms with Crippen molar-refractivity contribution in [1.82, 2.24) is 9.66 Å². The molecular formula is C27H24BrN3O4. The van der Waals surface area contributed by atoms with Gasteiger partial charge >= 0.3 is 5.97 Å². The van der Waals surface area contributed by atoms with E-state index in [-0.39, 0.29) is 17.0 Å². The van der Waals surface area contributed by atoms with Gasteiger partial charge in [0, 0.05) is 10.4 Å². The Morgan fingerprint density at radius 1 is 1.17 bits per heavy atom. The zero-order valence-electron chi connectivity index (χ0n) is 19.3. The molecule has 0 amide bonds. The first-order valence-electron chi connectivity index (χ1n) is 11.2. The fourth-order valence-corrected chi connectivity index (χ4v) is 3.86. The molecule has 178 valence electrons. The third-order valence-corrected chi connectivity index (χ3v) is 6.17. The summed E-state index contributed by atoms with van der Waals surface area (Å²) in [5.74, 6) is 0.330. The van der Waals surface area contributed by atoms with Gasteiger partial charge in [0.2, 0.25) is 0 Å². The van der Waals surface area contributed by atoms with Gasteiger partial charge in [-0.05, 0) is 60.0 Å². The lowest BCUT2D eigenvalue weighted by Gasteiger charge is -2.14. The second-order valence-corrected chi connectivity index (χ2v) is 9.08. The number of ether oxygens (including phenoxy) is 1. The molecule has 0 spiro atoms. The van der Waals surface area contributed by atoms with Crippen LogP contribution in [-0.2, 0) is 6.61 Å². The van der Waals surface area contributed by atoms with Gasteiger partial charge in [-0.1, -0.05) is 54.0 Å². The molecule has 3 aromatic carbocycles. The smallest absolute Gasteiger partial charge is 0.335 e. The highest BCUT2D eigenvalue weighted by atomic mass is 79.9. The molecule has 35 heavy (non-hydrogen) atoms. The summed E-state index contributed by atoms with van der Waals surface area (Å²) < 4.78 is 8.04. The molecule has 1 aromatic heterocycles. The van der Waals surface area contributed by atoms with E-state index in [9.17, 15) is 9.59 Å². The third kappa shape index (κ3) is 5.66. The van der Waals surface area contributed by atoms with Crippen molar-refractivity contribution in [2.75, 3.05) is 0 Å². The van der Waals surface area contributed by atoms with E-state index < -0.39 is 5.97 Å². The molecule has 0 aliphatic rings. The molecule has 0 unspecified atom stereocenters. The van der Waals surface area contributed by atoms with Crippen molar-refractivity contribution < 1.29 is 14.6 Å². The number of nitrogens with zero attached hydrogens (tertiary/aromatic N) is 3. The van der Waals surface area contributed by atoms with E-state index in [0.717, 1.165) is 22.0 Å². The Balaban J connectivity index is 1.59. The normalized spacial score (nSPS) is 12.2. The number of fused-ring (bicyclic) bond motifs is 1. The Morgan fingerprint density at radius 3 is 2.66 bits per heavy atom. The number of rotatable bonds is 8. The number of carboxylic acid groups (broad SMARTS) is 1. The van der Waals surface area contributed by atoms with Crippen molar-refractivity contribution in [3.8, 4) is 5.75 Å². The van der Waals surface area contributed by atoms with E-state index in [1.165, 1.54) is 4.68 Å². The fraction of sp³-hybridized carbons (Fsp3) is 0.185. The second-order valence-electron chi connectivity index (χ2n) is 8.17. The number of carbonyl (C=O) groups is 1. The maximum atomic E-state index is 13.3. The third-order valence-electron chi connectivity index (χ3n) is 5.67. The molecule has 8 heteroatoms. The summed E-state index contributed by atoms with van der Waals surface area (Å²) in [6.45, 7) is 4.37. The number of hydrogen-bond acceptors (Lipinski definition) is 5. The minimum absolute atomic E-state index is 0.0510. The zero-order valence-corrected chi connectivity index (χ0v) is 20.9. The van der Waals surface area contributed by atoms with Crippen molar-refractivity contribution in [2.24, 2.45) is 5.10 Å². The minimum Gasteiger partial charge on any atom is -0.489 e. The first-order chi connectivity index (χ1) is 16.9. The number of benzene rings is 3. The van der Waals surface area contributed by atoms with E-state index >= 15 is 0 Å². The van der Waals surface area contributed by atoms with Crippen LogP contribution in [0.2, 0.25) is 0 Å². The summed E-state index contributed by atoms with van der Waals surface area (Å²) in [5, 5.41) is 14.0. The van der Waals surface area contributed by atoms with Crippen LogP contribution in [0.4, 0.5) is 0 Å². The van der Waals surface area contributed by atoms with Crippen molar-refractivity contribution in [1.29, 1.82) is 0 Å². The van der Waals surface area contributed by atoms with Gasteiger partial charge in [-0.25, -0.2) is 9.78 Å². The van der Waals surface area contributed by atoms with E-state index in [1.54, 1.807) is 36.5 Å². The first-order valence-corrected chi connectivity index (χ1v) is 12.0. The molecule has 1 atom stereocenters. The second kappa shape index (κ2) is 10.7. The number of carboxylic acids is 1. The number of hydrogen-bond donors (Lipinski definition) is 1. The molecule has 1 heterocycles. The van der Waals surface area contributed by atoms with Crippen LogP contribution in [0.15, 0.2) is 81.1 Å². The largest absolute Gasteiger partial charge is 0.489 e. The Bertz CT molecular complexity index is 1460. The van der Waals surface area contributed by atoms with Crippen molar-refractivity contribution in [2.45, 2.75) is 32.8 Å². The van der Waals surface area contributed by atoms with Gasteiger partial charge in [0.15, 0.2) is 0 Å². The van der Waals surface area contributed by atoms with Gasteiger partial charge in [0.1, 0.15) is 18.2 Å². The summed E-state index contributed by atoms with van der Waals surface area (Å²) in [5.41, 5.74) is 2.27. The van der Waals surface area contributed by atoms with Crippen LogP contribution in [0.3, 0.4) is 0 Å². The fourth-order valence-electron chi connectivity index (χ4n) is 3.50. The van der Waals surface area contributed by atoms with Gasteiger partial charge in [-0.2, -0.15) is 9.78 Å². The zero-order chi connectivity index (χ0) is 24.9. The van der Waals surface area contributed by atoms with Crippen LogP contribution in [0, 0.1) is 0 Å². The van der Waals surface area contributed by atoms with Gasteiger partial charge in [0.05, 0.1) is 22.7 Å². The average Bonchev–Trinajstić information content (AvgIpc) is 2.87. The monoisotopic (exact) mass is 533 g/mol. The van der Waals surface area contributed by atoms with E-state index in [4.69, 9.17) is 14.8 Å². The molecule has 0 fully saturated rings. The van der Waals surface area contributed by atoms with Crippen LogP contribution in [0.25, 0.3) is 10.9 Å². The quantitative estimate of drug-likeness (QED) is 0.287. The molecule has 0 saturated carbocycles. The molecular weight excluding hydrogens is 510 g/mol. The van der Waals surface area contributed by atoms with Gasteiger partial charge in [-0.3, -0.25) is 4.79 Å². The van der Waals surface area contributed by atoms with Crippen molar-refractivity contribution in [3.63, 3.8) is 0 Å². The van der Waals surface area contributed by atoms with Crippen LogP contribution in [0.5, 0.6) is 5.75 Å². The molecule has 7 nitrogen and oxygen atoms in total. The summed E-state index contributed by atoms with van der Waals surface area (Å²) in [6, 6.07) is 19.4. The van der Waals surface area contributed by atoms with Crippen LogP contribution in [-0.4, -0.2) is 27.0 Å². The van der Waals surface area contributed by atoms with Gasteiger partial charge in [0.25, 0.3) is 5.56 Å². The van der Waals surface area contributed by atoms with Gasteiger partial charge in [-0.15, -0.1) is 0 Å². The van der Waals surface area contributed by atoms with E-state index in [0.29, 0.717) is 29.1 Å². The average molecular weight is 534 g/mol. The Hall–Kier alpha value is -3.78. The summed E-state index contributed by atoms with van der Waals surface area (Å²) in [4.78, 5) is 29.0. The number of aromatic carboxylic acids is 1. The maximum absolute atomic E-state index is 13.3. The SMILES string of the molecule is CC[C@@H](C)c1nc2ccc(Br)cc2c(=O)n1N=Cc1cccc(OCc2ccc(C(=O)O)cc2)c1.